The van der Waals surface area contributed by atoms with Crippen molar-refractivity contribution in [3.8, 4) is 0 Å². The molecule has 0 heterocycles. The number of ketones is 1. The normalized spacial score (nSPS) is 15.1. The Morgan fingerprint density at radius 3 is 2.65 bits per heavy atom. The van der Waals surface area contributed by atoms with Crippen LogP contribution in [0.15, 0.2) is 54.1 Å². The summed E-state index contributed by atoms with van der Waals surface area (Å²) in [7, 11) is 0. The van der Waals surface area contributed by atoms with Crippen molar-refractivity contribution in [2.45, 2.75) is 38.5 Å². The van der Waals surface area contributed by atoms with Gasteiger partial charge in [-0.2, -0.15) is 0 Å². The molecule has 0 fully saturated rings. The van der Waals surface area contributed by atoms with Gasteiger partial charge in [-0.25, -0.2) is 0 Å². The first-order valence-corrected chi connectivity index (χ1v) is 7.49. The molecule has 0 saturated carbocycles. The van der Waals surface area contributed by atoms with Gasteiger partial charge in [0.25, 0.3) is 0 Å². The summed E-state index contributed by atoms with van der Waals surface area (Å²) < 4.78 is 0. The Morgan fingerprint density at radius 1 is 0.950 bits per heavy atom. The van der Waals surface area contributed by atoms with Crippen molar-refractivity contribution in [1.82, 2.24) is 0 Å². The van der Waals surface area contributed by atoms with Gasteiger partial charge in [0, 0.05) is 12.8 Å². The Morgan fingerprint density at radius 2 is 1.80 bits per heavy atom. The lowest BCUT2D eigenvalue weighted by Gasteiger charge is -2.12. The molecule has 0 unspecified atom stereocenters. The lowest BCUT2D eigenvalue weighted by molar-refractivity contribution is -0.117. The minimum atomic E-state index is 0.342. The quantitative estimate of drug-likeness (QED) is 0.722. The second-order valence-electron chi connectivity index (χ2n) is 5.64. The average Bonchev–Trinajstić information content (AvgIpc) is 2.48. The van der Waals surface area contributed by atoms with Crippen molar-refractivity contribution in [3.05, 3.63) is 59.7 Å². The van der Waals surface area contributed by atoms with Crippen LogP contribution in [-0.2, 0) is 11.2 Å². The van der Waals surface area contributed by atoms with Gasteiger partial charge >= 0.3 is 0 Å². The molecule has 0 aliphatic heterocycles. The minimum Gasteiger partial charge on any atom is -0.299 e. The summed E-state index contributed by atoms with van der Waals surface area (Å²) in [5.74, 6) is 0.342. The predicted octanol–water partition coefficient (Wildman–Crippen LogP) is 4.84. The van der Waals surface area contributed by atoms with Crippen LogP contribution in [0.2, 0.25) is 0 Å². The van der Waals surface area contributed by atoms with Gasteiger partial charge in [-0.15, -0.1) is 0 Å². The van der Waals surface area contributed by atoms with Crippen molar-refractivity contribution in [2.24, 2.45) is 0 Å². The topological polar surface area (TPSA) is 17.1 Å². The zero-order valence-corrected chi connectivity index (χ0v) is 11.8. The number of hydrogen-bond donors (Lipinski definition) is 0. The molecule has 1 heteroatoms. The molecule has 1 nitrogen and oxygen atoms in total. The van der Waals surface area contributed by atoms with Gasteiger partial charge < -0.3 is 0 Å². The highest BCUT2D eigenvalue weighted by atomic mass is 16.1. The number of Topliss-reactive ketones (excluding diaryl/α,β-unsaturated/α-hetero) is 1. The third-order valence-corrected chi connectivity index (χ3v) is 4.08. The van der Waals surface area contributed by atoms with Gasteiger partial charge in [-0.3, -0.25) is 4.79 Å². The lowest BCUT2D eigenvalue weighted by atomic mass is 9.93. The van der Waals surface area contributed by atoms with Crippen LogP contribution >= 0.6 is 0 Å². The molecule has 20 heavy (non-hydrogen) atoms. The van der Waals surface area contributed by atoms with E-state index >= 15 is 0 Å². The smallest absolute Gasteiger partial charge is 0.141 e. The molecular weight excluding hydrogens is 244 g/mol. The van der Waals surface area contributed by atoms with Gasteiger partial charge in [0.1, 0.15) is 5.78 Å². The minimum absolute atomic E-state index is 0.342. The van der Waals surface area contributed by atoms with E-state index in [2.05, 4.69) is 30.3 Å². The summed E-state index contributed by atoms with van der Waals surface area (Å²) >= 11 is 0. The second-order valence-corrected chi connectivity index (χ2v) is 5.64. The van der Waals surface area contributed by atoms with Crippen molar-refractivity contribution in [2.75, 3.05) is 0 Å². The summed E-state index contributed by atoms with van der Waals surface area (Å²) in [6.07, 6.45) is 8.25. The van der Waals surface area contributed by atoms with Crippen LogP contribution < -0.4 is 0 Å². The molecule has 0 saturated heterocycles. The number of carbonyl (C=O) groups excluding carboxylic acids is 1. The number of fused-ring (bicyclic) bond motifs is 1. The number of rotatable bonds is 4. The summed E-state index contributed by atoms with van der Waals surface area (Å²) in [6, 6.07) is 14.5. The van der Waals surface area contributed by atoms with Crippen LogP contribution in [0.5, 0.6) is 0 Å². The largest absolute Gasteiger partial charge is 0.299 e. The van der Waals surface area contributed by atoms with Crippen molar-refractivity contribution in [3.63, 3.8) is 0 Å². The lowest BCUT2D eigenvalue weighted by Crippen LogP contribution is -2.06. The Labute approximate surface area is 120 Å². The molecule has 2 aromatic rings. The zero-order chi connectivity index (χ0) is 13.8. The first kappa shape index (κ1) is 13.1. The fourth-order valence-corrected chi connectivity index (χ4v) is 3.04. The van der Waals surface area contributed by atoms with E-state index in [1.807, 2.05) is 18.2 Å². The molecule has 0 N–H and O–H groups in total. The van der Waals surface area contributed by atoms with E-state index in [1.54, 1.807) is 0 Å². The zero-order valence-electron chi connectivity index (χ0n) is 11.8. The standard InChI is InChI=1S/C19H20O/c20-18(13-15-7-2-1-3-8-15)14-17-11-6-10-16-9-4-5-12-19(16)17/h4-7,9-12H,1-3,8,13-14H2. The summed E-state index contributed by atoms with van der Waals surface area (Å²) in [4.78, 5) is 12.3. The molecule has 0 aromatic heterocycles. The Balaban J connectivity index is 1.76. The van der Waals surface area contributed by atoms with Crippen LogP contribution in [0, 0.1) is 0 Å². The first-order chi connectivity index (χ1) is 9.83. The van der Waals surface area contributed by atoms with E-state index in [4.69, 9.17) is 0 Å². The summed E-state index contributed by atoms with van der Waals surface area (Å²) in [6.45, 7) is 0. The number of carbonyl (C=O) groups is 1. The van der Waals surface area contributed by atoms with Gasteiger partial charge in [-0.1, -0.05) is 54.1 Å². The highest BCUT2D eigenvalue weighted by molar-refractivity contribution is 5.91. The highest BCUT2D eigenvalue weighted by Gasteiger charge is 2.11. The molecule has 0 bridgehead atoms. The molecule has 3 rings (SSSR count). The molecule has 0 radical (unpaired) electrons. The monoisotopic (exact) mass is 264 g/mol. The van der Waals surface area contributed by atoms with E-state index in [-0.39, 0.29) is 0 Å². The molecule has 0 amide bonds. The fourth-order valence-electron chi connectivity index (χ4n) is 3.04. The molecule has 1 aliphatic rings. The van der Waals surface area contributed by atoms with E-state index in [1.165, 1.54) is 29.2 Å². The fraction of sp³-hybridized carbons (Fsp3) is 0.316. The average molecular weight is 264 g/mol. The van der Waals surface area contributed by atoms with Crippen molar-refractivity contribution >= 4 is 16.6 Å². The van der Waals surface area contributed by atoms with Crippen LogP contribution in [0.25, 0.3) is 10.8 Å². The number of hydrogen-bond acceptors (Lipinski definition) is 1. The maximum Gasteiger partial charge on any atom is 0.141 e. The van der Waals surface area contributed by atoms with E-state index in [0.717, 1.165) is 18.4 Å². The number of allylic oxidation sites excluding steroid dienone is 2. The summed E-state index contributed by atoms with van der Waals surface area (Å²) in [5, 5.41) is 2.43. The molecular formula is C19H20O. The van der Waals surface area contributed by atoms with E-state index in [9.17, 15) is 4.79 Å². The number of benzene rings is 2. The third kappa shape index (κ3) is 2.98. The molecule has 0 atom stereocenters. The van der Waals surface area contributed by atoms with Gasteiger partial charge in [0.05, 0.1) is 0 Å². The molecule has 102 valence electrons. The van der Waals surface area contributed by atoms with Crippen LogP contribution in [0.1, 0.15) is 37.7 Å². The van der Waals surface area contributed by atoms with Crippen LogP contribution in [0.4, 0.5) is 0 Å². The third-order valence-electron chi connectivity index (χ3n) is 4.08. The van der Waals surface area contributed by atoms with E-state index in [0.29, 0.717) is 18.6 Å². The Kier molecular flexibility index (Phi) is 3.96. The van der Waals surface area contributed by atoms with Gasteiger partial charge in [0.2, 0.25) is 0 Å². The van der Waals surface area contributed by atoms with Gasteiger partial charge in [0.15, 0.2) is 0 Å². The van der Waals surface area contributed by atoms with Crippen LogP contribution in [0.3, 0.4) is 0 Å². The SMILES string of the molecule is O=C(CC1=CCCCC1)Cc1cccc2ccccc12. The van der Waals surface area contributed by atoms with E-state index < -0.39 is 0 Å². The van der Waals surface area contributed by atoms with Gasteiger partial charge in [-0.05, 0) is 42.0 Å². The van der Waals surface area contributed by atoms with Crippen molar-refractivity contribution < 1.29 is 4.79 Å². The first-order valence-electron chi connectivity index (χ1n) is 7.49. The summed E-state index contributed by atoms with van der Waals surface area (Å²) in [5.41, 5.74) is 2.51. The van der Waals surface area contributed by atoms with Crippen LogP contribution in [-0.4, -0.2) is 5.78 Å². The Hall–Kier alpha value is -1.89. The maximum atomic E-state index is 12.3. The maximum absolute atomic E-state index is 12.3. The Bertz CT molecular complexity index is 646. The highest BCUT2D eigenvalue weighted by Crippen LogP contribution is 2.23. The predicted molar refractivity (Wildman–Crippen MR) is 83.8 cm³/mol. The second kappa shape index (κ2) is 6.04. The molecule has 2 aromatic carbocycles. The molecule has 1 aliphatic carbocycles. The molecule has 0 spiro atoms. The van der Waals surface area contributed by atoms with Crippen molar-refractivity contribution in [1.29, 1.82) is 0 Å².